The van der Waals surface area contributed by atoms with E-state index in [2.05, 4.69) is 10.3 Å². The van der Waals surface area contributed by atoms with Crippen LogP contribution in [0.5, 0.6) is 11.6 Å². The number of ether oxygens (including phenoxy) is 1. The van der Waals surface area contributed by atoms with Crippen molar-refractivity contribution in [2.75, 3.05) is 5.32 Å². The van der Waals surface area contributed by atoms with Crippen LogP contribution < -0.4 is 10.1 Å². The van der Waals surface area contributed by atoms with Crippen LogP contribution >= 0.6 is 0 Å². The number of aromatic nitrogens is 1. The summed E-state index contributed by atoms with van der Waals surface area (Å²) in [5.41, 5.74) is 0.630. The first-order valence-corrected chi connectivity index (χ1v) is 6.97. The number of nitrogens with one attached hydrogen (secondary N) is 1. The Bertz CT molecular complexity index is 822. The van der Waals surface area contributed by atoms with Crippen LogP contribution in [0.4, 0.5) is 10.1 Å². The van der Waals surface area contributed by atoms with Crippen molar-refractivity contribution in [3.8, 4) is 11.6 Å². The van der Waals surface area contributed by atoms with E-state index < -0.39 is 11.7 Å². The molecule has 0 aliphatic heterocycles. The van der Waals surface area contributed by atoms with Gasteiger partial charge < -0.3 is 10.1 Å². The summed E-state index contributed by atoms with van der Waals surface area (Å²) in [6.45, 7) is 0. The predicted molar refractivity (Wildman–Crippen MR) is 85.1 cm³/mol. The van der Waals surface area contributed by atoms with E-state index in [1.54, 1.807) is 30.5 Å². The number of nitrogens with zero attached hydrogens (tertiary/aromatic N) is 1. The second kappa shape index (κ2) is 6.70. The van der Waals surface area contributed by atoms with Crippen LogP contribution in [0, 0.1) is 5.82 Å². The normalized spacial score (nSPS) is 10.1. The van der Waals surface area contributed by atoms with Gasteiger partial charge in [-0.05, 0) is 42.5 Å². The molecule has 1 amide bonds. The Labute approximate surface area is 132 Å². The van der Waals surface area contributed by atoms with Gasteiger partial charge in [0.15, 0.2) is 0 Å². The molecule has 3 aromatic rings. The van der Waals surface area contributed by atoms with Gasteiger partial charge in [0.05, 0.1) is 0 Å². The predicted octanol–water partition coefficient (Wildman–Crippen LogP) is 4.27. The summed E-state index contributed by atoms with van der Waals surface area (Å²) in [5.74, 6) is -0.0316. The van der Waals surface area contributed by atoms with E-state index in [-0.39, 0.29) is 11.4 Å². The van der Waals surface area contributed by atoms with Crippen LogP contribution in [0.15, 0.2) is 72.9 Å². The van der Waals surface area contributed by atoms with Gasteiger partial charge in [0.2, 0.25) is 5.88 Å². The highest BCUT2D eigenvalue weighted by Crippen LogP contribution is 2.27. The number of hydrogen-bond acceptors (Lipinski definition) is 3. The molecule has 0 atom stereocenters. The number of hydrogen-bond donors (Lipinski definition) is 1. The molecular weight excluding hydrogens is 295 g/mol. The largest absolute Gasteiger partial charge is 0.437 e. The molecule has 0 fully saturated rings. The number of rotatable bonds is 4. The van der Waals surface area contributed by atoms with Gasteiger partial charge in [-0.3, -0.25) is 4.79 Å². The van der Waals surface area contributed by atoms with Gasteiger partial charge in [-0.15, -0.1) is 0 Å². The molecule has 1 N–H and O–H groups in total. The van der Waals surface area contributed by atoms with Gasteiger partial charge >= 0.3 is 0 Å². The minimum Gasteiger partial charge on any atom is -0.437 e. The van der Waals surface area contributed by atoms with Crippen LogP contribution in [-0.2, 0) is 0 Å². The van der Waals surface area contributed by atoms with Crippen molar-refractivity contribution < 1.29 is 13.9 Å². The number of para-hydroxylation sites is 1. The monoisotopic (exact) mass is 308 g/mol. The van der Waals surface area contributed by atoms with Crippen LogP contribution in [-0.4, -0.2) is 10.9 Å². The zero-order valence-corrected chi connectivity index (χ0v) is 12.1. The number of carbonyl (C=O) groups is 1. The molecule has 0 aliphatic rings. The molecule has 0 radical (unpaired) electrons. The van der Waals surface area contributed by atoms with Gasteiger partial charge in [0, 0.05) is 11.8 Å². The van der Waals surface area contributed by atoms with E-state index in [0.29, 0.717) is 11.4 Å². The van der Waals surface area contributed by atoms with Crippen molar-refractivity contribution in [3.63, 3.8) is 0 Å². The van der Waals surface area contributed by atoms with Crippen LogP contribution in [0.2, 0.25) is 0 Å². The Morgan fingerprint density at radius 1 is 1.00 bits per heavy atom. The summed E-state index contributed by atoms with van der Waals surface area (Å²) in [4.78, 5) is 16.3. The zero-order chi connectivity index (χ0) is 16.1. The molecule has 1 heterocycles. The van der Waals surface area contributed by atoms with Crippen LogP contribution in [0.3, 0.4) is 0 Å². The first-order valence-electron chi connectivity index (χ1n) is 6.97. The first-order chi connectivity index (χ1) is 11.2. The minimum atomic E-state index is -0.468. The lowest BCUT2D eigenvalue weighted by Gasteiger charge is -2.11. The summed E-state index contributed by atoms with van der Waals surface area (Å²) in [5, 5.41) is 2.68. The van der Waals surface area contributed by atoms with E-state index >= 15 is 0 Å². The summed E-state index contributed by atoms with van der Waals surface area (Å²) < 4.78 is 18.9. The summed E-state index contributed by atoms with van der Waals surface area (Å²) >= 11 is 0. The summed E-state index contributed by atoms with van der Waals surface area (Å²) in [6, 6.07) is 17.9. The maximum Gasteiger partial charge on any atom is 0.255 e. The molecule has 114 valence electrons. The Morgan fingerprint density at radius 3 is 2.61 bits per heavy atom. The topological polar surface area (TPSA) is 51.2 Å². The van der Waals surface area contributed by atoms with Gasteiger partial charge in [0.25, 0.3) is 5.91 Å². The first kappa shape index (κ1) is 14.7. The average Bonchev–Trinajstić information content (AvgIpc) is 2.57. The van der Waals surface area contributed by atoms with Gasteiger partial charge in [-0.1, -0.05) is 24.3 Å². The van der Waals surface area contributed by atoms with Crippen molar-refractivity contribution in [1.29, 1.82) is 0 Å². The molecule has 0 aliphatic carbocycles. The Balaban J connectivity index is 1.82. The number of halogens is 1. The highest BCUT2D eigenvalue weighted by atomic mass is 19.1. The van der Waals surface area contributed by atoms with Gasteiger partial charge in [-0.25, -0.2) is 9.37 Å². The highest BCUT2D eigenvalue weighted by molar-refractivity contribution is 6.04. The molecule has 0 bridgehead atoms. The lowest BCUT2D eigenvalue weighted by Crippen LogP contribution is -2.13. The van der Waals surface area contributed by atoms with E-state index in [4.69, 9.17) is 4.74 Å². The van der Waals surface area contributed by atoms with Crippen molar-refractivity contribution in [2.45, 2.75) is 0 Å². The van der Waals surface area contributed by atoms with Crippen molar-refractivity contribution >= 4 is 11.6 Å². The van der Waals surface area contributed by atoms with Crippen molar-refractivity contribution in [2.24, 2.45) is 0 Å². The number of anilines is 1. The Hall–Kier alpha value is -3.21. The molecular formula is C18H13FN2O2. The molecule has 0 unspecified atom stereocenters. The van der Waals surface area contributed by atoms with E-state index in [1.807, 2.05) is 18.2 Å². The van der Waals surface area contributed by atoms with Crippen LogP contribution in [0.1, 0.15) is 10.4 Å². The molecule has 1 aromatic heterocycles. The number of benzene rings is 2. The Kier molecular flexibility index (Phi) is 4.29. The Morgan fingerprint density at radius 2 is 1.83 bits per heavy atom. The quantitative estimate of drug-likeness (QED) is 0.783. The molecule has 3 rings (SSSR count). The SMILES string of the molecule is O=C(Nc1cccnc1Oc1ccccc1)c1cccc(F)c1. The lowest BCUT2D eigenvalue weighted by atomic mass is 10.2. The fraction of sp³-hybridized carbons (Fsp3) is 0. The fourth-order valence-corrected chi connectivity index (χ4v) is 1.99. The maximum atomic E-state index is 13.2. The highest BCUT2D eigenvalue weighted by Gasteiger charge is 2.12. The minimum absolute atomic E-state index is 0.222. The standard InChI is InChI=1S/C18H13FN2O2/c19-14-7-4-6-13(12-14)17(22)21-16-10-5-11-20-18(16)23-15-8-2-1-3-9-15/h1-12H,(H,21,22). The summed E-state index contributed by atoms with van der Waals surface area (Å²) in [7, 11) is 0. The lowest BCUT2D eigenvalue weighted by molar-refractivity contribution is 0.102. The molecule has 23 heavy (non-hydrogen) atoms. The smallest absolute Gasteiger partial charge is 0.255 e. The zero-order valence-electron chi connectivity index (χ0n) is 12.1. The van der Waals surface area contributed by atoms with Gasteiger partial charge in [0.1, 0.15) is 17.3 Å². The molecule has 5 heteroatoms. The van der Waals surface area contributed by atoms with Crippen LogP contribution in [0.25, 0.3) is 0 Å². The van der Waals surface area contributed by atoms with Crippen molar-refractivity contribution in [3.05, 3.63) is 84.3 Å². The molecule has 0 spiro atoms. The third-order valence-corrected chi connectivity index (χ3v) is 3.06. The molecule has 2 aromatic carbocycles. The van der Waals surface area contributed by atoms with E-state index in [0.717, 1.165) is 0 Å². The van der Waals surface area contributed by atoms with E-state index in [9.17, 15) is 9.18 Å². The molecule has 0 saturated heterocycles. The van der Waals surface area contributed by atoms with Crippen molar-refractivity contribution in [1.82, 2.24) is 4.98 Å². The second-order valence-electron chi connectivity index (χ2n) is 4.74. The number of amides is 1. The number of carbonyl (C=O) groups excluding carboxylic acids is 1. The third-order valence-electron chi connectivity index (χ3n) is 3.06. The number of pyridine rings is 1. The van der Waals surface area contributed by atoms with E-state index in [1.165, 1.54) is 24.3 Å². The summed E-state index contributed by atoms with van der Waals surface area (Å²) in [6.07, 6.45) is 1.57. The third kappa shape index (κ3) is 3.71. The molecule has 0 saturated carbocycles. The fourth-order valence-electron chi connectivity index (χ4n) is 1.99. The van der Waals surface area contributed by atoms with Gasteiger partial charge in [-0.2, -0.15) is 0 Å². The molecule has 4 nitrogen and oxygen atoms in total. The average molecular weight is 308 g/mol. The maximum absolute atomic E-state index is 13.2. The second-order valence-corrected chi connectivity index (χ2v) is 4.74.